The molecule has 1 aliphatic heterocycles. The Bertz CT molecular complexity index is 310. The van der Waals surface area contributed by atoms with Crippen molar-refractivity contribution in [2.45, 2.75) is 37.9 Å². The predicted molar refractivity (Wildman–Crippen MR) is 65.6 cm³/mol. The predicted octanol–water partition coefficient (Wildman–Crippen LogP) is 2.18. The number of nitrogens with one attached hydrogen (secondary N) is 1. The van der Waals surface area contributed by atoms with Crippen molar-refractivity contribution in [3.63, 3.8) is 0 Å². The number of rotatable bonds is 6. The van der Waals surface area contributed by atoms with Crippen LogP contribution in [0.5, 0.6) is 0 Å². The zero-order valence-corrected chi connectivity index (χ0v) is 10.6. The molecule has 1 fully saturated rings. The highest BCUT2D eigenvalue weighted by molar-refractivity contribution is 7.99. The largest absolute Gasteiger partial charge is 0.424 e. The Labute approximate surface area is 101 Å². The molecule has 1 aromatic heterocycles. The molecular formula is C11H19N3OS. The Morgan fingerprint density at radius 1 is 1.50 bits per heavy atom. The maximum Gasteiger partial charge on any atom is 0.229 e. The van der Waals surface area contributed by atoms with Gasteiger partial charge in [0, 0.05) is 6.42 Å². The van der Waals surface area contributed by atoms with E-state index in [2.05, 4.69) is 22.4 Å². The molecule has 1 aliphatic rings. The lowest BCUT2D eigenvalue weighted by molar-refractivity contribution is 0.437. The first-order valence-electron chi connectivity index (χ1n) is 6.04. The molecule has 2 heterocycles. The summed E-state index contributed by atoms with van der Waals surface area (Å²) >= 11 is 1.93. The second-order valence-corrected chi connectivity index (χ2v) is 5.30. The maximum absolute atomic E-state index is 5.68. The topological polar surface area (TPSA) is 51.0 Å². The van der Waals surface area contributed by atoms with Gasteiger partial charge in [-0.15, -0.1) is 22.0 Å². The lowest BCUT2D eigenvalue weighted by Gasteiger charge is -2.00. The number of thioether (sulfide) groups is 1. The Morgan fingerprint density at radius 3 is 3.19 bits per heavy atom. The van der Waals surface area contributed by atoms with Gasteiger partial charge in [0.1, 0.15) is 0 Å². The van der Waals surface area contributed by atoms with Gasteiger partial charge < -0.3 is 9.73 Å². The molecule has 0 radical (unpaired) electrons. The summed E-state index contributed by atoms with van der Waals surface area (Å²) in [6, 6.07) is 0. The molecule has 2 rings (SSSR count). The van der Waals surface area contributed by atoms with Gasteiger partial charge in [0.05, 0.1) is 5.25 Å². The van der Waals surface area contributed by atoms with Crippen LogP contribution in [0.1, 0.15) is 43.2 Å². The minimum atomic E-state index is 0.454. The molecule has 0 spiro atoms. The van der Waals surface area contributed by atoms with Crippen LogP contribution in [0.25, 0.3) is 0 Å². The van der Waals surface area contributed by atoms with Gasteiger partial charge in [0.15, 0.2) is 0 Å². The van der Waals surface area contributed by atoms with Crippen molar-refractivity contribution < 1.29 is 4.42 Å². The van der Waals surface area contributed by atoms with Crippen LogP contribution in [-0.2, 0) is 6.42 Å². The fourth-order valence-electron chi connectivity index (χ4n) is 1.81. The Morgan fingerprint density at radius 2 is 2.44 bits per heavy atom. The summed E-state index contributed by atoms with van der Waals surface area (Å²) in [6.07, 6.45) is 4.40. The normalized spacial score (nSPS) is 20.4. The molecule has 1 atom stereocenters. The second-order valence-electron chi connectivity index (χ2n) is 3.99. The SMILES string of the molecule is CCNCCCc1nnc(C2CCCS2)o1. The van der Waals surface area contributed by atoms with E-state index in [0.717, 1.165) is 37.7 Å². The third-order valence-electron chi connectivity index (χ3n) is 2.68. The maximum atomic E-state index is 5.68. The van der Waals surface area contributed by atoms with E-state index < -0.39 is 0 Å². The molecule has 1 N–H and O–H groups in total. The zero-order chi connectivity index (χ0) is 11.2. The molecule has 4 nitrogen and oxygen atoms in total. The van der Waals surface area contributed by atoms with Crippen molar-refractivity contribution >= 4 is 11.8 Å². The summed E-state index contributed by atoms with van der Waals surface area (Å²) in [4.78, 5) is 0. The van der Waals surface area contributed by atoms with Crippen molar-refractivity contribution in [3.8, 4) is 0 Å². The van der Waals surface area contributed by atoms with Crippen molar-refractivity contribution in [1.82, 2.24) is 15.5 Å². The van der Waals surface area contributed by atoms with E-state index in [1.807, 2.05) is 11.8 Å². The summed E-state index contributed by atoms with van der Waals surface area (Å²) in [5.74, 6) is 2.85. The van der Waals surface area contributed by atoms with Crippen LogP contribution in [0.2, 0.25) is 0 Å². The average Bonchev–Trinajstić information content (AvgIpc) is 2.94. The van der Waals surface area contributed by atoms with E-state index in [-0.39, 0.29) is 0 Å². The molecule has 1 unspecified atom stereocenters. The van der Waals surface area contributed by atoms with E-state index >= 15 is 0 Å². The van der Waals surface area contributed by atoms with Gasteiger partial charge in [-0.3, -0.25) is 0 Å². The van der Waals surface area contributed by atoms with E-state index in [4.69, 9.17) is 4.42 Å². The molecule has 90 valence electrons. The highest BCUT2D eigenvalue weighted by atomic mass is 32.2. The van der Waals surface area contributed by atoms with E-state index in [9.17, 15) is 0 Å². The highest BCUT2D eigenvalue weighted by Gasteiger charge is 2.23. The first-order valence-corrected chi connectivity index (χ1v) is 7.09. The summed E-state index contributed by atoms with van der Waals surface area (Å²) < 4.78 is 5.68. The monoisotopic (exact) mass is 241 g/mol. The van der Waals surface area contributed by atoms with Crippen LogP contribution in [0.15, 0.2) is 4.42 Å². The van der Waals surface area contributed by atoms with Crippen LogP contribution < -0.4 is 5.32 Å². The third-order valence-corrected chi connectivity index (χ3v) is 4.05. The number of aromatic nitrogens is 2. The van der Waals surface area contributed by atoms with Crippen molar-refractivity contribution in [2.24, 2.45) is 0 Å². The smallest absolute Gasteiger partial charge is 0.229 e. The fourth-order valence-corrected chi connectivity index (χ4v) is 3.00. The minimum Gasteiger partial charge on any atom is -0.424 e. The van der Waals surface area contributed by atoms with Gasteiger partial charge in [-0.05, 0) is 38.1 Å². The number of hydrogen-bond acceptors (Lipinski definition) is 5. The lowest BCUT2D eigenvalue weighted by atomic mass is 10.2. The van der Waals surface area contributed by atoms with Crippen LogP contribution in [0.3, 0.4) is 0 Å². The van der Waals surface area contributed by atoms with E-state index in [1.54, 1.807) is 0 Å². The fraction of sp³-hybridized carbons (Fsp3) is 0.818. The molecule has 0 saturated carbocycles. The summed E-state index contributed by atoms with van der Waals surface area (Å²) in [5, 5.41) is 12.0. The molecular weight excluding hydrogens is 222 g/mol. The van der Waals surface area contributed by atoms with Crippen molar-refractivity contribution in [1.29, 1.82) is 0 Å². The zero-order valence-electron chi connectivity index (χ0n) is 9.74. The van der Waals surface area contributed by atoms with E-state index in [1.165, 1.54) is 18.6 Å². The van der Waals surface area contributed by atoms with E-state index in [0.29, 0.717) is 5.25 Å². The standard InChI is InChI=1S/C11H19N3OS/c1-2-12-7-3-6-10-13-14-11(15-10)9-5-4-8-16-9/h9,12H,2-8H2,1H3. The number of nitrogens with zero attached hydrogens (tertiary/aromatic N) is 2. The van der Waals surface area contributed by atoms with Crippen LogP contribution in [-0.4, -0.2) is 29.0 Å². The Balaban J connectivity index is 1.77. The molecule has 16 heavy (non-hydrogen) atoms. The molecule has 0 amide bonds. The molecule has 0 aromatic carbocycles. The minimum absolute atomic E-state index is 0.454. The van der Waals surface area contributed by atoms with Gasteiger partial charge in [0.2, 0.25) is 11.8 Å². The number of aryl methyl sites for hydroxylation is 1. The van der Waals surface area contributed by atoms with Gasteiger partial charge in [-0.25, -0.2) is 0 Å². The quantitative estimate of drug-likeness (QED) is 0.774. The van der Waals surface area contributed by atoms with Crippen molar-refractivity contribution in [2.75, 3.05) is 18.8 Å². The molecule has 5 heteroatoms. The molecule has 0 aliphatic carbocycles. The summed E-state index contributed by atoms with van der Waals surface area (Å²) in [5.41, 5.74) is 0. The second kappa shape index (κ2) is 6.25. The third kappa shape index (κ3) is 3.22. The first-order chi connectivity index (χ1) is 7.90. The highest BCUT2D eigenvalue weighted by Crippen LogP contribution is 2.38. The van der Waals surface area contributed by atoms with Gasteiger partial charge >= 0.3 is 0 Å². The van der Waals surface area contributed by atoms with Gasteiger partial charge in [0.25, 0.3) is 0 Å². The molecule has 0 bridgehead atoms. The van der Waals surface area contributed by atoms with Gasteiger partial charge in [-0.1, -0.05) is 6.92 Å². The Kier molecular flexibility index (Phi) is 4.66. The molecule has 1 aromatic rings. The number of hydrogen-bond donors (Lipinski definition) is 1. The van der Waals surface area contributed by atoms with Crippen LogP contribution >= 0.6 is 11.8 Å². The van der Waals surface area contributed by atoms with Crippen molar-refractivity contribution in [3.05, 3.63) is 11.8 Å². The Hall–Kier alpha value is -0.550. The first kappa shape index (κ1) is 11.9. The summed E-state index contributed by atoms with van der Waals surface area (Å²) in [6.45, 7) is 4.16. The average molecular weight is 241 g/mol. The van der Waals surface area contributed by atoms with Crippen LogP contribution in [0, 0.1) is 0 Å². The lowest BCUT2D eigenvalue weighted by Crippen LogP contribution is -2.14. The van der Waals surface area contributed by atoms with Gasteiger partial charge in [-0.2, -0.15) is 0 Å². The van der Waals surface area contributed by atoms with Crippen LogP contribution in [0.4, 0.5) is 0 Å². The molecule has 1 saturated heterocycles. The summed E-state index contributed by atoms with van der Waals surface area (Å²) in [7, 11) is 0.